The van der Waals surface area contributed by atoms with Crippen LogP contribution in [0.3, 0.4) is 0 Å². The number of carbonyl (C=O) groups is 2. The monoisotopic (exact) mass is 1870 g/mol. The number of aliphatic hydroxyl groups is 1. The molecule has 4 aromatic rings. The van der Waals surface area contributed by atoms with Crippen molar-refractivity contribution >= 4 is 63.2 Å². The summed E-state index contributed by atoms with van der Waals surface area (Å²) in [6.45, 7) is 11.9. The molecule has 0 atom stereocenters. The van der Waals surface area contributed by atoms with Gasteiger partial charge in [-0.1, -0.05) is 194 Å². The van der Waals surface area contributed by atoms with Crippen LogP contribution in [0.15, 0.2) is 25.3 Å². The standard InChI is InChI=1S/C22H31F5O3S.C20H29F5O2S.C20H27F5O2.C13H26O2.C7H2BrF5.C2H4OS.Na.H/c1-16(28)31-14-10-8-6-4-2-3-5-7-9-11-29-12-13-30-15-17-18(23)20(25)22(27)21(26)19(17)24;21-16-15(17(22)19(24)20(25)18(16)23)14-27-12-11-26-10-8-6-4-2-1-3-5-7-9-13-28;1-2-3-4-5-6-7-8-9-10-11-26-12-13-27-14-15-16(21)18(23)20(25)19(24)17(15)22;1-2-3-4-5-6-7-8-9-10-12-15-13-11-14;8-1-2-3(9)5(11)7(13)6(12)4(2)10;1-2(3)4;;/h2-15H2,1H3;28H,1-14H2;2H,1,3-14H2;2,14H,1,3-13H2;1H2;1H3,(H,3,4);;/q;;;;;;+1;-1. The maximum Gasteiger partial charge on any atom is 1.00 e. The van der Waals surface area contributed by atoms with Gasteiger partial charge in [0.2, 0.25) is 23.3 Å². The Labute approximate surface area is 737 Å². The van der Waals surface area contributed by atoms with E-state index in [-0.39, 0.29) is 87.5 Å². The van der Waals surface area contributed by atoms with E-state index in [4.69, 9.17) is 38.3 Å². The third-order valence-corrected chi connectivity index (χ3v) is 18.8. The molecule has 0 aliphatic carbocycles. The van der Waals surface area contributed by atoms with Crippen LogP contribution < -0.4 is 29.6 Å². The Morgan fingerprint density at radius 2 is 0.513 bits per heavy atom. The quantitative estimate of drug-likeness (QED) is 0.00573. The molecule has 0 spiro atoms. The largest absolute Gasteiger partial charge is 1.00 e. The molecule has 119 heavy (non-hydrogen) atoms. The minimum absolute atomic E-state index is 0. The summed E-state index contributed by atoms with van der Waals surface area (Å²) in [7, 11) is 0. The van der Waals surface area contributed by atoms with Gasteiger partial charge in [-0.3, -0.25) is 9.59 Å². The smallest absolute Gasteiger partial charge is 1.00 e. The van der Waals surface area contributed by atoms with Gasteiger partial charge < -0.3 is 39.7 Å². The maximum atomic E-state index is 13.5. The van der Waals surface area contributed by atoms with Gasteiger partial charge >= 0.3 is 29.6 Å². The summed E-state index contributed by atoms with van der Waals surface area (Å²) in [5, 5.41) is 8.09. The van der Waals surface area contributed by atoms with Crippen molar-refractivity contribution in [2.24, 2.45) is 0 Å². The number of unbranched alkanes of at least 4 members (excludes halogenated alkanes) is 30. The second-order valence-corrected chi connectivity index (χ2v) is 29.6. The van der Waals surface area contributed by atoms with E-state index in [2.05, 4.69) is 54.3 Å². The Kier molecular flexibility index (Phi) is 79.6. The van der Waals surface area contributed by atoms with E-state index in [1.807, 2.05) is 12.2 Å². The number of allylic oxidation sites excluding steroid dienone is 2. The maximum absolute atomic E-state index is 13.5. The van der Waals surface area contributed by atoms with Gasteiger partial charge in [0.15, 0.2) is 103 Å². The van der Waals surface area contributed by atoms with Crippen LogP contribution in [0, 0.1) is 116 Å². The molecule has 0 bridgehead atoms. The number of alkyl halides is 1. The molecular weight excluding hydrogens is 1750 g/mol. The van der Waals surface area contributed by atoms with Crippen molar-refractivity contribution < 1.29 is 167 Å². The normalized spacial score (nSPS) is 10.8. The predicted molar refractivity (Wildman–Crippen MR) is 432 cm³/mol. The Hall–Kier alpha value is -3.49. The molecule has 10 nitrogen and oxygen atoms in total. The molecule has 1 N–H and O–H groups in total. The number of rotatable bonds is 61. The van der Waals surface area contributed by atoms with Gasteiger partial charge in [-0.25, -0.2) is 87.8 Å². The number of ether oxygens (including phenoxy) is 7. The molecule has 0 aliphatic rings. The number of thioether (sulfide) groups is 1. The number of aliphatic hydroxyl groups excluding tert-OH is 1. The first-order valence-electron chi connectivity index (χ1n) is 39.9. The van der Waals surface area contributed by atoms with Crippen molar-refractivity contribution in [2.45, 2.75) is 257 Å². The van der Waals surface area contributed by atoms with E-state index >= 15 is 0 Å². The van der Waals surface area contributed by atoms with Crippen LogP contribution in [0.2, 0.25) is 0 Å². The van der Waals surface area contributed by atoms with Crippen LogP contribution in [0.25, 0.3) is 0 Å². The van der Waals surface area contributed by atoms with Gasteiger partial charge in [0.05, 0.1) is 89.4 Å². The fourth-order valence-electron chi connectivity index (χ4n) is 10.5. The molecule has 0 saturated heterocycles. The van der Waals surface area contributed by atoms with Crippen molar-refractivity contribution in [3.63, 3.8) is 0 Å². The fraction of sp³-hybridized carbons (Fsp3) is 0.643. The molecule has 0 unspecified atom stereocenters. The van der Waals surface area contributed by atoms with Gasteiger partial charge in [0.25, 0.3) is 0 Å². The van der Waals surface area contributed by atoms with Gasteiger partial charge in [-0.05, 0) is 70.0 Å². The summed E-state index contributed by atoms with van der Waals surface area (Å²) in [5.41, 5.74) is -3.79. The molecule has 4 aromatic carbocycles. The summed E-state index contributed by atoms with van der Waals surface area (Å²) in [6, 6.07) is 0. The zero-order chi connectivity index (χ0) is 88.9. The predicted octanol–water partition coefficient (Wildman–Crippen LogP) is 23.4. The Morgan fingerprint density at radius 1 is 0.319 bits per heavy atom. The van der Waals surface area contributed by atoms with Gasteiger partial charge in [0, 0.05) is 56.9 Å². The van der Waals surface area contributed by atoms with Crippen LogP contribution in [0.4, 0.5) is 87.8 Å². The number of carbonyl (C=O) groups excluding carboxylic acids is 2. The average molecular weight is 1870 g/mol. The molecular formula is C84H120BrF20NaO10S3. The molecule has 0 amide bonds. The van der Waals surface area contributed by atoms with E-state index in [9.17, 15) is 97.4 Å². The molecule has 4 rings (SSSR count). The van der Waals surface area contributed by atoms with Crippen LogP contribution in [0.5, 0.6) is 0 Å². The molecule has 0 aliphatic heterocycles. The van der Waals surface area contributed by atoms with Crippen LogP contribution >= 0.6 is 52.9 Å². The van der Waals surface area contributed by atoms with E-state index in [0.29, 0.717) is 26.4 Å². The first kappa shape index (κ1) is 120. The third-order valence-electron chi connectivity index (χ3n) is 17.0. The second-order valence-electron chi connectivity index (χ2n) is 26.7. The summed E-state index contributed by atoms with van der Waals surface area (Å²) in [6.07, 6.45) is 43.8. The first-order chi connectivity index (χ1) is 56.5. The SMILES string of the molecule is C=CCCCCCCCCCOCCO.C=CCCCCCCCCCOCCOCc1c(F)c(F)c(F)c(F)c1F.CC(=O)S.CC(=O)SCCCCCCCCCCCOCCOCc1c(F)c(F)c(F)c(F)c1F.Fc1c(F)c(F)c(CBr)c(F)c1F.Fc1c(F)c(F)c(COCCOCCCCCCCCCCCS)c(F)c1F.[H-].[Na+]. The van der Waals surface area contributed by atoms with Crippen molar-refractivity contribution in [1.82, 2.24) is 0 Å². The van der Waals surface area contributed by atoms with Crippen molar-refractivity contribution in [1.29, 1.82) is 0 Å². The zero-order valence-corrected chi connectivity index (χ0v) is 74.9. The summed E-state index contributed by atoms with van der Waals surface area (Å²) < 4.78 is 296. The summed E-state index contributed by atoms with van der Waals surface area (Å²) in [5.74, 6) is -37.2. The molecule has 0 radical (unpaired) electrons. The Balaban J connectivity index is -0.000000710. The number of hydrogen-bond acceptors (Lipinski definition) is 12. The Morgan fingerprint density at radius 3 is 0.731 bits per heavy atom. The van der Waals surface area contributed by atoms with E-state index in [1.54, 1.807) is 6.92 Å². The molecule has 0 heterocycles. The van der Waals surface area contributed by atoms with E-state index < -0.39 is 164 Å². The minimum atomic E-state index is -2.18. The van der Waals surface area contributed by atoms with Gasteiger partial charge in [0.1, 0.15) is 0 Å². The number of hydrogen-bond donors (Lipinski definition) is 3. The fourth-order valence-corrected chi connectivity index (χ4v) is 11.9. The van der Waals surface area contributed by atoms with E-state index in [1.165, 1.54) is 154 Å². The Bertz CT molecular complexity index is 3240. The number of thiol groups is 2. The van der Waals surface area contributed by atoms with Crippen LogP contribution in [-0.4, -0.2) is 106 Å². The van der Waals surface area contributed by atoms with Crippen molar-refractivity contribution in [3.8, 4) is 0 Å². The second kappa shape index (κ2) is 79.2. The molecule has 0 saturated carbocycles. The van der Waals surface area contributed by atoms with Gasteiger partial charge in [-0.2, -0.15) is 12.6 Å². The summed E-state index contributed by atoms with van der Waals surface area (Å²) >= 11 is 11.5. The molecule has 682 valence electrons. The molecule has 35 heteroatoms. The zero-order valence-electron chi connectivity index (χ0n) is 69.7. The first-order valence-corrected chi connectivity index (χ1v) is 43.1. The topological polar surface area (TPSA) is 119 Å². The average Bonchev–Trinajstić information content (AvgIpc) is 0.821. The van der Waals surface area contributed by atoms with Crippen molar-refractivity contribution in [2.75, 3.05) is 90.8 Å². The van der Waals surface area contributed by atoms with Crippen LogP contribution in [-0.2, 0) is 67.9 Å². The number of benzene rings is 4. The molecule has 0 fully saturated rings. The number of halogens is 21. The summed E-state index contributed by atoms with van der Waals surface area (Å²) in [4.78, 5) is 20.1. The van der Waals surface area contributed by atoms with Crippen molar-refractivity contribution in [3.05, 3.63) is 164 Å². The molecule has 0 aromatic heterocycles. The van der Waals surface area contributed by atoms with E-state index in [0.717, 1.165) is 102 Å². The third kappa shape index (κ3) is 57.0. The van der Waals surface area contributed by atoms with Crippen LogP contribution in [0.1, 0.15) is 256 Å². The van der Waals surface area contributed by atoms with Gasteiger partial charge in [-0.15, -0.1) is 25.8 Å². The minimum Gasteiger partial charge on any atom is -1.00 e.